The van der Waals surface area contributed by atoms with E-state index in [0.717, 1.165) is 27.1 Å². The van der Waals surface area contributed by atoms with Gasteiger partial charge >= 0.3 is 5.69 Å². The molecule has 0 aliphatic carbocycles. The molecule has 142 valence electrons. The summed E-state index contributed by atoms with van der Waals surface area (Å²) in [6.45, 7) is 8.93. The van der Waals surface area contributed by atoms with Gasteiger partial charge in [0.1, 0.15) is 4.83 Å². The molecular formula is C20H19N5O2S. The van der Waals surface area contributed by atoms with E-state index in [0.29, 0.717) is 24.6 Å². The Kier molecular flexibility index (Phi) is 3.75. The van der Waals surface area contributed by atoms with Crippen molar-refractivity contribution >= 4 is 27.2 Å². The van der Waals surface area contributed by atoms with E-state index in [4.69, 9.17) is 9.72 Å². The molecule has 4 aromatic rings. The molecule has 5 rings (SSSR count). The Morgan fingerprint density at radius 2 is 2.29 bits per heavy atom. The van der Waals surface area contributed by atoms with Crippen molar-refractivity contribution < 1.29 is 4.74 Å². The summed E-state index contributed by atoms with van der Waals surface area (Å²) in [7, 11) is 0. The summed E-state index contributed by atoms with van der Waals surface area (Å²) in [4.78, 5) is 24.1. The third-order valence-corrected chi connectivity index (χ3v) is 6.22. The van der Waals surface area contributed by atoms with E-state index in [-0.39, 0.29) is 11.3 Å². The molecule has 0 aromatic carbocycles. The summed E-state index contributed by atoms with van der Waals surface area (Å²) in [5.74, 6) is 0.495. The Labute approximate surface area is 164 Å². The average molecular weight is 393 g/mol. The lowest BCUT2D eigenvalue weighted by Gasteiger charge is -2.30. The van der Waals surface area contributed by atoms with Crippen LogP contribution in [0.4, 0.5) is 0 Å². The number of hydrogen-bond donors (Lipinski definition) is 0. The second kappa shape index (κ2) is 6.08. The zero-order chi connectivity index (χ0) is 19.5. The Balaban J connectivity index is 1.89. The third kappa shape index (κ3) is 2.52. The Bertz CT molecular complexity index is 1280. The van der Waals surface area contributed by atoms with Gasteiger partial charge in [-0.2, -0.15) is 4.52 Å². The molecule has 28 heavy (non-hydrogen) atoms. The number of nitrogens with zero attached hydrogens (tertiary/aromatic N) is 5. The predicted molar refractivity (Wildman–Crippen MR) is 109 cm³/mol. The lowest BCUT2D eigenvalue weighted by Crippen LogP contribution is -2.31. The van der Waals surface area contributed by atoms with E-state index in [1.807, 2.05) is 12.1 Å². The summed E-state index contributed by atoms with van der Waals surface area (Å²) in [5.41, 5.74) is 2.09. The molecule has 1 aliphatic heterocycles. The normalized spacial score (nSPS) is 15.8. The number of aromatic nitrogens is 5. The van der Waals surface area contributed by atoms with Gasteiger partial charge in [-0.15, -0.1) is 23.0 Å². The summed E-state index contributed by atoms with van der Waals surface area (Å²) < 4.78 is 9.11. The number of pyridine rings is 1. The van der Waals surface area contributed by atoms with Crippen LogP contribution in [0.5, 0.6) is 0 Å². The van der Waals surface area contributed by atoms with Crippen LogP contribution >= 0.6 is 11.3 Å². The molecule has 0 spiro atoms. The Morgan fingerprint density at radius 3 is 3.04 bits per heavy atom. The number of fused-ring (bicyclic) bond motifs is 5. The van der Waals surface area contributed by atoms with Crippen LogP contribution in [0.3, 0.4) is 0 Å². The minimum Gasteiger partial charge on any atom is -0.370 e. The molecule has 1 aliphatic rings. The lowest BCUT2D eigenvalue weighted by molar-refractivity contribution is -0.0379. The standard InChI is InChI=1S/C20H19N5O2S/c1-4-8-24-18-15(13-9-20(2,3)27-11-14(13)28-18)17-22-16(23-25(17)19(24)26)12-6-5-7-21-10-12/h4-7,10H,1,8-9,11H2,2-3H3. The Hall–Kier alpha value is -2.84. The van der Waals surface area contributed by atoms with E-state index in [1.165, 1.54) is 10.1 Å². The van der Waals surface area contributed by atoms with Crippen molar-refractivity contribution in [2.75, 3.05) is 0 Å². The average Bonchev–Trinajstić information content (AvgIpc) is 3.27. The minimum absolute atomic E-state index is 0.219. The van der Waals surface area contributed by atoms with Gasteiger partial charge in [0, 0.05) is 35.8 Å². The van der Waals surface area contributed by atoms with Gasteiger partial charge in [-0.25, -0.2) is 9.78 Å². The zero-order valence-electron chi connectivity index (χ0n) is 15.7. The largest absolute Gasteiger partial charge is 0.370 e. The highest BCUT2D eigenvalue weighted by atomic mass is 32.1. The number of ether oxygens (including phenoxy) is 1. The highest BCUT2D eigenvalue weighted by Crippen LogP contribution is 2.40. The predicted octanol–water partition coefficient (Wildman–Crippen LogP) is 3.21. The second-order valence-corrected chi connectivity index (χ2v) is 8.59. The molecule has 0 amide bonds. The highest BCUT2D eigenvalue weighted by Gasteiger charge is 2.32. The third-order valence-electron chi connectivity index (χ3n) is 4.99. The minimum atomic E-state index is -0.260. The molecule has 0 atom stereocenters. The van der Waals surface area contributed by atoms with Gasteiger partial charge in [0.25, 0.3) is 0 Å². The quantitative estimate of drug-likeness (QED) is 0.500. The fourth-order valence-electron chi connectivity index (χ4n) is 3.68. The van der Waals surface area contributed by atoms with Gasteiger partial charge in [-0.3, -0.25) is 9.55 Å². The first-order chi connectivity index (χ1) is 13.5. The van der Waals surface area contributed by atoms with Crippen molar-refractivity contribution in [2.24, 2.45) is 0 Å². The molecular weight excluding hydrogens is 374 g/mol. The lowest BCUT2D eigenvalue weighted by atomic mass is 9.94. The van der Waals surface area contributed by atoms with Gasteiger partial charge in [0.05, 0.1) is 17.6 Å². The maximum absolute atomic E-state index is 13.2. The molecule has 0 radical (unpaired) electrons. The number of allylic oxidation sites excluding steroid dienone is 1. The Morgan fingerprint density at radius 1 is 1.43 bits per heavy atom. The molecule has 7 nitrogen and oxygen atoms in total. The summed E-state index contributed by atoms with van der Waals surface area (Å²) in [6, 6.07) is 3.72. The van der Waals surface area contributed by atoms with Gasteiger partial charge < -0.3 is 4.74 Å². The van der Waals surface area contributed by atoms with Crippen LogP contribution in [0.15, 0.2) is 42.0 Å². The van der Waals surface area contributed by atoms with Gasteiger partial charge in [0.15, 0.2) is 11.5 Å². The van der Waals surface area contributed by atoms with E-state index >= 15 is 0 Å². The van der Waals surface area contributed by atoms with Crippen molar-refractivity contribution in [3.8, 4) is 11.4 Å². The zero-order valence-corrected chi connectivity index (χ0v) is 16.5. The van der Waals surface area contributed by atoms with Crippen molar-refractivity contribution in [2.45, 2.75) is 39.0 Å². The maximum Gasteiger partial charge on any atom is 0.352 e. The van der Waals surface area contributed by atoms with E-state index in [1.54, 1.807) is 34.4 Å². The van der Waals surface area contributed by atoms with Crippen molar-refractivity contribution in [3.63, 3.8) is 0 Å². The second-order valence-electron chi connectivity index (χ2n) is 7.50. The maximum atomic E-state index is 13.2. The van der Waals surface area contributed by atoms with E-state index < -0.39 is 0 Å². The van der Waals surface area contributed by atoms with E-state index in [2.05, 4.69) is 30.5 Å². The van der Waals surface area contributed by atoms with Crippen molar-refractivity contribution in [1.82, 2.24) is 24.1 Å². The van der Waals surface area contributed by atoms with Gasteiger partial charge in [-0.05, 0) is 31.5 Å². The first kappa shape index (κ1) is 17.3. The highest BCUT2D eigenvalue weighted by molar-refractivity contribution is 7.19. The van der Waals surface area contributed by atoms with Crippen LogP contribution in [0.2, 0.25) is 0 Å². The first-order valence-electron chi connectivity index (χ1n) is 9.07. The van der Waals surface area contributed by atoms with Crippen LogP contribution in [0.1, 0.15) is 24.3 Å². The molecule has 0 fully saturated rings. The molecule has 4 aromatic heterocycles. The van der Waals surface area contributed by atoms with Gasteiger partial charge in [-0.1, -0.05) is 6.08 Å². The van der Waals surface area contributed by atoms with Crippen molar-refractivity contribution in [3.05, 3.63) is 58.1 Å². The van der Waals surface area contributed by atoms with Crippen LogP contribution in [0, 0.1) is 0 Å². The fraction of sp³-hybridized carbons (Fsp3) is 0.300. The molecule has 0 N–H and O–H groups in total. The van der Waals surface area contributed by atoms with E-state index in [9.17, 15) is 4.79 Å². The first-order valence-corrected chi connectivity index (χ1v) is 9.89. The topological polar surface area (TPSA) is 74.3 Å². The molecule has 0 saturated heterocycles. The fourth-order valence-corrected chi connectivity index (χ4v) is 4.90. The van der Waals surface area contributed by atoms with Crippen LogP contribution in [-0.2, 0) is 24.3 Å². The monoisotopic (exact) mass is 393 g/mol. The van der Waals surface area contributed by atoms with Gasteiger partial charge in [0.2, 0.25) is 0 Å². The van der Waals surface area contributed by atoms with Crippen LogP contribution in [0.25, 0.3) is 27.3 Å². The molecule has 8 heteroatoms. The molecule has 0 unspecified atom stereocenters. The molecule has 0 saturated carbocycles. The summed E-state index contributed by atoms with van der Waals surface area (Å²) in [5, 5.41) is 5.50. The summed E-state index contributed by atoms with van der Waals surface area (Å²) in [6.07, 6.45) is 5.89. The SMILES string of the molecule is C=CCn1c(=O)n2nc(-c3cccnc3)nc2c2c3c(sc21)COC(C)(C)C3. The molecule has 0 bridgehead atoms. The number of hydrogen-bond acceptors (Lipinski definition) is 6. The van der Waals surface area contributed by atoms with Crippen LogP contribution in [-0.4, -0.2) is 29.8 Å². The van der Waals surface area contributed by atoms with Crippen molar-refractivity contribution in [1.29, 1.82) is 0 Å². The number of rotatable bonds is 3. The smallest absolute Gasteiger partial charge is 0.352 e. The molecule has 5 heterocycles. The van der Waals surface area contributed by atoms with Crippen LogP contribution < -0.4 is 5.69 Å². The summed E-state index contributed by atoms with van der Waals surface area (Å²) >= 11 is 1.60. The number of thiophene rings is 1.